The Hall–Kier alpha value is -0.460. The van der Waals surface area contributed by atoms with Crippen molar-refractivity contribution in [3.05, 3.63) is 11.8 Å². The predicted molar refractivity (Wildman–Crippen MR) is 38.0 cm³/mol. The summed E-state index contributed by atoms with van der Waals surface area (Å²) in [5, 5.41) is 3.48. The minimum Gasteiger partial charge on any atom is -0.385 e. The summed E-state index contributed by atoms with van der Waals surface area (Å²) in [6.45, 7) is 2.16. The van der Waals surface area contributed by atoms with Gasteiger partial charge in [0, 0.05) is 11.7 Å². The lowest BCUT2D eigenvalue weighted by molar-refractivity contribution is 0.548. The van der Waals surface area contributed by atoms with Gasteiger partial charge in [-0.2, -0.15) is 0 Å². The molecule has 1 aliphatic carbocycles. The molecule has 0 aromatic rings. The summed E-state index contributed by atoms with van der Waals surface area (Å²) < 4.78 is 0. The van der Waals surface area contributed by atoms with Gasteiger partial charge in [0.1, 0.15) is 0 Å². The quantitative estimate of drug-likeness (QED) is 0.516. The average Bonchev–Trinajstić information content (AvgIpc) is 2.22. The van der Waals surface area contributed by atoms with E-state index >= 15 is 0 Å². The van der Waals surface area contributed by atoms with Crippen molar-refractivity contribution in [3.8, 4) is 0 Å². The number of rotatable bonds is 0. The van der Waals surface area contributed by atoms with Gasteiger partial charge in [0.25, 0.3) is 0 Å². The van der Waals surface area contributed by atoms with Crippen LogP contribution in [0.5, 0.6) is 0 Å². The topological polar surface area (TPSA) is 12.0 Å². The van der Waals surface area contributed by atoms with E-state index in [0.29, 0.717) is 0 Å². The van der Waals surface area contributed by atoms with Gasteiger partial charge in [0.2, 0.25) is 0 Å². The van der Waals surface area contributed by atoms with Gasteiger partial charge in [-0.15, -0.1) is 0 Å². The van der Waals surface area contributed by atoms with E-state index in [-0.39, 0.29) is 0 Å². The molecule has 1 saturated carbocycles. The number of hydrogen-bond donors (Lipinski definition) is 1. The van der Waals surface area contributed by atoms with E-state index in [9.17, 15) is 0 Å². The van der Waals surface area contributed by atoms with Gasteiger partial charge in [-0.1, -0.05) is 12.5 Å². The molecule has 0 bridgehead atoms. The third-order valence-corrected chi connectivity index (χ3v) is 2.45. The van der Waals surface area contributed by atoms with E-state index < -0.39 is 0 Å². The largest absolute Gasteiger partial charge is 0.385 e. The van der Waals surface area contributed by atoms with Crippen molar-refractivity contribution >= 4 is 0 Å². The molecular weight excluding hydrogens is 110 g/mol. The van der Waals surface area contributed by atoms with Crippen LogP contribution in [0.4, 0.5) is 0 Å². The van der Waals surface area contributed by atoms with Crippen LogP contribution < -0.4 is 5.32 Å². The van der Waals surface area contributed by atoms with Crippen molar-refractivity contribution in [2.75, 3.05) is 0 Å². The summed E-state index contributed by atoms with van der Waals surface area (Å²) in [5.41, 5.74) is 1.39. The number of hydrogen-bond acceptors (Lipinski definition) is 1. The maximum absolute atomic E-state index is 3.48. The first-order valence-corrected chi connectivity index (χ1v) is 3.81. The lowest BCUT2D eigenvalue weighted by atomic mass is 10.1. The second-order valence-corrected chi connectivity index (χ2v) is 3.20. The molecule has 50 valence electrons. The summed E-state index contributed by atoms with van der Waals surface area (Å²) in [5.74, 6) is 0.880. The highest BCUT2D eigenvalue weighted by Crippen LogP contribution is 2.31. The smallest absolute Gasteiger partial charge is 0.0321 e. The van der Waals surface area contributed by atoms with Crippen molar-refractivity contribution in [3.63, 3.8) is 0 Å². The van der Waals surface area contributed by atoms with Crippen LogP contribution in [0.1, 0.15) is 26.2 Å². The Balaban J connectivity index is 2.13. The highest BCUT2D eigenvalue weighted by atomic mass is 15.0. The SMILES string of the molecule is CC1=C[C@@H]2CCC[C@H]2N1. The summed E-state index contributed by atoms with van der Waals surface area (Å²) in [6.07, 6.45) is 6.61. The van der Waals surface area contributed by atoms with Crippen LogP contribution in [0, 0.1) is 5.92 Å². The summed E-state index contributed by atoms with van der Waals surface area (Å²) in [6, 6.07) is 0.810. The van der Waals surface area contributed by atoms with Gasteiger partial charge in [-0.05, 0) is 25.7 Å². The molecule has 1 heterocycles. The highest BCUT2D eigenvalue weighted by molar-refractivity contribution is 5.13. The maximum atomic E-state index is 3.48. The second kappa shape index (κ2) is 1.76. The Morgan fingerprint density at radius 2 is 2.44 bits per heavy atom. The van der Waals surface area contributed by atoms with Crippen LogP contribution in [0.3, 0.4) is 0 Å². The maximum Gasteiger partial charge on any atom is 0.0321 e. The van der Waals surface area contributed by atoms with Gasteiger partial charge >= 0.3 is 0 Å². The summed E-state index contributed by atoms with van der Waals surface area (Å²) >= 11 is 0. The third-order valence-electron chi connectivity index (χ3n) is 2.45. The molecule has 0 spiro atoms. The van der Waals surface area contributed by atoms with Gasteiger partial charge in [0.05, 0.1) is 0 Å². The normalized spacial score (nSPS) is 39.9. The Bertz CT molecular complexity index is 149. The Kier molecular flexibility index (Phi) is 1.04. The molecule has 1 heteroatoms. The summed E-state index contributed by atoms with van der Waals surface area (Å²) in [4.78, 5) is 0. The molecule has 0 saturated heterocycles. The molecule has 2 rings (SSSR count). The molecule has 0 amide bonds. The minimum absolute atomic E-state index is 0.810. The van der Waals surface area contributed by atoms with Crippen LogP contribution in [0.2, 0.25) is 0 Å². The van der Waals surface area contributed by atoms with Crippen LogP contribution in [-0.4, -0.2) is 6.04 Å². The van der Waals surface area contributed by atoms with E-state index in [0.717, 1.165) is 12.0 Å². The van der Waals surface area contributed by atoms with E-state index in [1.54, 1.807) is 0 Å². The first-order valence-electron chi connectivity index (χ1n) is 3.81. The zero-order valence-electron chi connectivity index (χ0n) is 5.85. The van der Waals surface area contributed by atoms with E-state index in [1.165, 1.54) is 25.0 Å². The van der Waals surface area contributed by atoms with Crippen molar-refractivity contribution in [1.29, 1.82) is 0 Å². The van der Waals surface area contributed by atoms with Gasteiger partial charge in [-0.3, -0.25) is 0 Å². The lowest BCUT2D eigenvalue weighted by Crippen LogP contribution is -2.22. The molecule has 0 radical (unpaired) electrons. The molecule has 1 nitrogen and oxygen atoms in total. The van der Waals surface area contributed by atoms with Crippen molar-refractivity contribution < 1.29 is 0 Å². The van der Waals surface area contributed by atoms with Gasteiger partial charge in [-0.25, -0.2) is 0 Å². The third kappa shape index (κ3) is 0.752. The van der Waals surface area contributed by atoms with E-state index in [4.69, 9.17) is 0 Å². The molecule has 2 aliphatic rings. The zero-order chi connectivity index (χ0) is 6.27. The molecule has 0 aromatic carbocycles. The van der Waals surface area contributed by atoms with Crippen molar-refractivity contribution in [2.24, 2.45) is 5.92 Å². The monoisotopic (exact) mass is 123 g/mol. The highest BCUT2D eigenvalue weighted by Gasteiger charge is 2.29. The molecule has 1 fully saturated rings. The predicted octanol–water partition coefficient (Wildman–Crippen LogP) is 1.66. The fourth-order valence-electron chi connectivity index (χ4n) is 2.03. The molecule has 0 aromatic heterocycles. The fourth-order valence-corrected chi connectivity index (χ4v) is 2.03. The molecule has 1 N–H and O–H groups in total. The Morgan fingerprint density at radius 3 is 3.22 bits per heavy atom. The Morgan fingerprint density at radius 1 is 1.56 bits per heavy atom. The zero-order valence-corrected chi connectivity index (χ0v) is 5.85. The van der Waals surface area contributed by atoms with Crippen LogP contribution in [-0.2, 0) is 0 Å². The first-order chi connectivity index (χ1) is 4.36. The van der Waals surface area contributed by atoms with Crippen LogP contribution in [0.25, 0.3) is 0 Å². The lowest BCUT2D eigenvalue weighted by Gasteiger charge is -2.08. The number of fused-ring (bicyclic) bond motifs is 1. The number of nitrogens with one attached hydrogen (secondary N) is 1. The summed E-state index contributed by atoms with van der Waals surface area (Å²) in [7, 11) is 0. The second-order valence-electron chi connectivity index (χ2n) is 3.20. The van der Waals surface area contributed by atoms with E-state index in [1.807, 2.05) is 0 Å². The number of allylic oxidation sites excluding steroid dienone is 1. The van der Waals surface area contributed by atoms with Crippen LogP contribution in [0.15, 0.2) is 11.8 Å². The van der Waals surface area contributed by atoms with Crippen molar-refractivity contribution in [2.45, 2.75) is 32.2 Å². The van der Waals surface area contributed by atoms with Gasteiger partial charge < -0.3 is 5.32 Å². The molecular formula is C8H13N. The Labute approximate surface area is 56.1 Å². The standard InChI is InChI=1S/C8H13N/c1-6-5-7-3-2-4-8(7)9-6/h5,7-9H,2-4H2,1H3/t7-,8+/m0/s1. The fraction of sp³-hybridized carbons (Fsp3) is 0.750. The molecule has 0 unspecified atom stereocenters. The molecule has 2 atom stereocenters. The average molecular weight is 123 g/mol. The van der Waals surface area contributed by atoms with Crippen LogP contribution >= 0.6 is 0 Å². The van der Waals surface area contributed by atoms with E-state index in [2.05, 4.69) is 18.3 Å². The molecule has 9 heavy (non-hydrogen) atoms. The minimum atomic E-state index is 0.810. The van der Waals surface area contributed by atoms with Gasteiger partial charge in [0.15, 0.2) is 0 Å². The first kappa shape index (κ1) is 5.33. The molecule has 1 aliphatic heterocycles. The van der Waals surface area contributed by atoms with Crippen molar-refractivity contribution in [1.82, 2.24) is 5.32 Å².